The molecule has 0 radical (unpaired) electrons. The first-order valence-corrected chi connectivity index (χ1v) is 11.7. The summed E-state index contributed by atoms with van der Waals surface area (Å²) in [6.45, 7) is 0.396. The van der Waals surface area contributed by atoms with E-state index < -0.39 is 0 Å². The summed E-state index contributed by atoms with van der Waals surface area (Å²) in [7, 11) is 0. The van der Waals surface area contributed by atoms with E-state index in [0.29, 0.717) is 12.6 Å². The van der Waals surface area contributed by atoms with Gasteiger partial charge in [-0.25, -0.2) is 0 Å². The van der Waals surface area contributed by atoms with Crippen LogP contribution in [0.3, 0.4) is 0 Å². The molecule has 1 fully saturated rings. The molecule has 5 nitrogen and oxygen atoms in total. The van der Waals surface area contributed by atoms with Crippen molar-refractivity contribution in [2.75, 3.05) is 0 Å². The van der Waals surface area contributed by atoms with Crippen molar-refractivity contribution < 1.29 is 4.79 Å². The van der Waals surface area contributed by atoms with Crippen molar-refractivity contribution in [2.24, 2.45) is 0 Å². The first-order valence-electron chi connectivity index (χ1n) is 11.7. The Bertz CT molecular complexity index is 1140. The Kier molecular flexibility index (Phi) is 6.29. The summed E-state index contributed by atoms with van der Waals surface area (Å²) in [6, 6.07) is 26.4. The smallest absolute Gasteiger partial charge is 0.232 e. The van der Waals surface area contributed by atoms with E-state index in [9.17, 15) is 4.79 Å². The minimum absolute atomic E-state index is 0.0201. The predicted molar refractivity (Wildman–Crippen MR) is 130 cm³/mol. The second-order valence-corrected chi connectivity index (χ2v) is 8.61. The molecule has 5 heteroatoms. The molecule has 1 aliphatic carbocycles. The topological polar surface area (TPSA) is 59.8 Å². The van der Waals surface area contributed by atoms with Crippen molar-refractivity contribution in [3.8, 4) is 11.3 Å². The molecule has 2 aromatic heterocycles. The van der Waals surface area contributed by atoms with Gasteiger partial charge in [-0.05, 0) is 42.2 Å². The maximum absolute atomic E-state index is 13.4. The summed E-state index contributed by atoms with van der Waals surface area (Å²) < 4.78 is 2.16. The molecule has 2 aromatic carbocycles. The lowest BCUT2D eigenvalue weighted by atomic mass is 9.90. The van der Waals surface area contributed by atoms with Crippen LogP contribution in [0, 0.1) is 0 Å². The summed E-state index contributed by atoms with van der Waals surface area (Å²) in [5.41, 5.74) is 5.04. The SMILES string of the molecule is O=C(NCc1cc(-c2ccncc2)n(C2CCCC2)n1)C(c1ccccc1)c1ccccc1. The number of hydrogen-bond acceptors (Lipinski definition) is 3. The van der Waals surface area contributed by atoms with E-state index in [2.05, 4.69) is 21.0 Å². The lowest BCUT2D eigenvalue weighted by Gasteiger charge is -2.17. The highest BCUT2D eigenvalue weighted by Gasteiger charge is 2.24. The van der Waals surface area contributed by atoms with Gasteiger partial charge in [0, 0.05) is 18.0 Å². The molecule has 1 N–H and O–H groups in total. The molecule has 33 heavy (non-hydrogen) atoms. The molecule has 1 amide bonds. The van der Waals surface area contributed by atoms with Crippen LogP contribution < -0.4 is 5.32 Å². The summed E-state index contributed by atoms with van der Waals surface area (Å²) >= 11 is 0. The van der Waals surface area contributed by atoms with Crippen LogP contribution in [0.5, 0.6) is 0 Å². The molecule has 4 aromatic rings. The molecule has 166 valence electrons. The van der Waals surface area contributed by atoms with Crippen molar-refractivity contribution in [1.82, 2.24) is 20.1 Å². The van der Waals surface area contributed by atoms with Gasteiger partial charge in [0.15, 0.2) is 0 Å². The van der Waals surface area contributed by atoms with Crippen LogP contribution >= 0.6 is 0 Å². The normalized spacial score (nSPS) is 14.0. The monoisotopic (exact) mass is 436 g/mol. The highest BCUT2D eigenvalue weighted by Crippen LogP contribution is 2.33. The van der Waals surface area contributed by atoms with Gasteiger partial charge in [-0.2, -0.15) is 5.10 Å². The van der Waals surface area contributed by atoms with E-state index >= 15 is 0 Å². The maximum atomic E-state index is 13.4. The van der Waals surface area contributed by atoms with Crippen molar-refractivity contribution in [3.63, 3.8) is 0 Å². The van der Waals surface area contributed by atoms with Gasteiger partial charge in [-0.3, -0.25) is 14.5 Å². The third-order valence-electron chi connectivity index (χ3n) is 6.40. The largest absolute Gasteiger partial charge is 0.350 e. The summed E-state index contributed by atoms with van der Waals surface area (Å²) in [5, 5.41) is 8.08. The standard InChI is InChI=1S/C28H28N4O/c33-28(27(22-9-3-1-4-10-22)23-11-5-2-6-12-23)30-20-24-19-26(21-15-17-29-18-16-21)32(31-24)25-13-7-8-14-25/h1-6,9-12,15-19,25,27H,7-8,13-14,20H2,(H,30,33). The predicted octanol–water partition coefficient (Wildman–Crippen LogP) is 5.51. The first-order chi connectivity index (χ1) is 16.3. The zero-order valence-electron chi connectivity index (χ0n) is 18.6. The average Bonchev–Trinajstić information content (AvgIpc) is 3.55. The van der Waals surface area contributed by atoms with Crippen LogP contribution in [-0.2, 0) is 11.3 Å². The third-order valence-corrected chi connectivity index (χ3v) is 6.40. The lowest BCUT2D eigenvalue weighted by molar-refractivity contribution is -0.121. The number of aromatic nitrogens is 3. The number of carbonyl (C=O) groups excluding carboxylic acids is 1. The molecule has 0 unspecified atom stereocenters. The van der Waals surface area contributed by atoms with Crippen LogP contribution in [0.25, 0.3) is 11.3 Å². The Morgan fingerprint density at radius 1 is 0.909 bits per heavy atom. The second-order valence-electron chi connectivity index (χ2n) is 8.61. The van der Waals surface area contributed by atoms with E-state index in [-0.39, 0.29) is 11.8 Å². The number of benzene rings is 2. The van der Waals surface area contributed by atoms with Gasteiger partial charge < -0.3 is 5.32 Å². The van der Waals surface area contributed by atoms with Gasteiger partial charge in [-0.15, -0.1) is 0 Å². The molecule has 0 aliphatic heterocycles. The highest BCUT2D eigenvalue weighted by atomic mass is 16.1. The molecule has 0 spiro atoms. The number of pyridine rings is 1. The van der Waals surface area contributed by atoms with E-state index in [4.69, 9.17) is 5.10 Å². The van der Waals surface area contributed by atoms with Crippen molar-refractivity contribution in [2.45, 2.75) is 44.2 Å². The zero-order valence-corrected chi connectivity index (χ0v) is 18.6. The van der Waals surface area contributed by atoms with Gasteiger partial charge >= 0.3 is 0 Å². The molecule has 0 atom stereocenters. The fourth-order valence-electron chi connectivity index (χ4n) is 4.76. The molecule has 1 saturated carbocycles. The van der Waals surface area contributed by atoms with Gasteiger partial charge in [0.25, 0.3) is 0 Å². The number of hydrogen-bond donors (Lipinski definition) is 1. The summed E-state index contributed by atoms with van der Waals surface area (Å²) in [5.74, 6) is -0.378. The van der Waals surface area contributed by atoms with E-state index in [1.54, 1.807) is 0 Å². The quantitative estimate of drug-likeness (QED) is 0.416. The summed E-state index contributed by atoms with van der Waals surface area (Å²) in [4.78, 5) is 17.5. The molecule has 0 saturated heterocycles. The molecule has 0 bridgehead atoms. The summed E-state index contributed by atoms with van der Waals surface area (Å²) in [6.07, 6.45) is 8.40. The van der Waals surface area contributed by atoms with Gasteiger partial charge in [0.05, 0.1) is 29.9 Å². The van der Waals surface area contributed by atoms with Crippen LogP contribution in [0.2, 0.25) is 0 Å². The maximum Gasteiger partial charge on any atom is 0.232 e. The first kappa shape index (κ1) is 21.1. The van der Waals surface area contributed by atoms with E-state index in [1.807, 2.05) is 85.2 Å². The number of amides is 1. The van der Waals surface area contributed by atoms with Gasteiger partial charge in [0.1, 0.15) is 0 Å². The average molecular weight is 437 g/mol. The second kappa shape index (κ2) is 9.82. The van der Waals surface area contributed by atoms with Crippen molar-refractivity contribution >= 4 is 5.91 Å². The number of nitrogens with one attached hydrogen (secondary N) is 1. The Labute approximate surface area is 194 Å². The molecular formula is C28H28N4O. The Hall–Kier alpha value is -3.73. The van der Waals surface area contributed by atoms with Crippen molar-refractivity contribution in [1.29, 1.82) is 0 Å². The Morgan fingerprint density at radius 3 is 2.12 bits per heavy atom. The van der Waals surface area contributed by atoms with Crippen LogP contribution in [-0.4, -0.2) is 20.7 Å². The molecule has 5 rings (SSSR count). The van der Waals surface area contributed by atoms with E-state index in [1.165, 1.54) is 12.8 Å². The van der Waals surface area contributed by atoms with Crippen LogP contribution in [0.1, 0.15) is 54.5 Å². The molecule has 1 aliphatic rings. The van der Waals surface area contributed by atoms with Crippen molar-refractivity contribution in [3.05, 3.63) is 108 Å². The Morgan fingerprint density at radius 2 is 1.52 bits per heavy atom. The molecule has 2 heterocycles. The minimum atomic E-state index is -0.357. The zero-order chi connectivity index (χ0) is 22.5. The Balaban J connectivity index is 1.39. The van der Waals surface area contributed by atoms with E-state index in [0.717, 1.165) is 40.9 Å². The fourth-order valence-corrected chi connectivity index (χ4v) is 4.76. The molecular weight excluding hydrogens is 408 g/mol. The number of nitrogens with zero attached hydrogens (tertiary/aromatic N) is 3. The number of rotatable bonds is 7. The van der Waals surface area contributed by atoms with Gasteiger partial charge in [0.2, 0.25) is 5.91 Å². The third kappa shape index (κ3) is 4.72. The van der Waals surface area contributed by atoms with Crippen LogP contribution in [0.15, 0.2) is 91.3 Å². The fraction of sp³-hybridized carbons (Fsp3) is 0.250. The van der Waals surface area contributed by atoms with Crippen LogP contribution in [0.4, 0.5) is 0 Å². The lowest BCUT2D eigenvalue weighted by Crippen LogP contribution is -2.29. The van der Waals surface area contributed by atoms with Gasteiger partial charge in [-0.1, -0.05) is 73.5 Å². The highest BCUT2D eigenvalue weighted by molar-refractivity contribution is 5.87. The minimum Gasteiger partial charge on any atom is -0.350 e. The number of carbonyl (C=O) groups is 1.